The molecular formula is C25H29Cl4FN2. The summed E-state index contributed by atoms with van der Waals surface area (Å²) >= 11 is 22.9. The van der Waals surface area contributed by atoms with Crippen molar-refractivity contribution in [3.63, 3.8) is 0 Å². The highest BCUT2D eigenvalue weighted by Crippen LogP contribution is 2.35. The minimum atomic E-state index is -0.470. The largest absolute Gasteiger partial charge is 0.396 e. The molecule has 0 aliphatic rings. The molecule has 7 heteroatoms. The summed E-state index contributed by atoms with van der Waals surface area (Å²) < 4.78 is 12.4. The molecule has 3 aromatic rings. The summed E-state index contributed by atoms with van der Waals surface area (Å²) in [5.41, 5.74) is 13.9. The quantitative estimate of drug-likeness (QED) is 0.316. The third kappa shape index (κ3) is 8.37. The molecule has 0 spiro atoms. The van der Waals surface area contributed by atoms with Gasteiger partial charge >= 0.3 is 0 Å². The molecule has 4 N–H and O–H groups in total. The first-order valence-corrected chi connectivity index (χ1v) is 11.5. The molecule has 0 radical (unpaired) electrons. The molecule has 0 bridgehead atoms. The van der Waals surface area contributed by atoms with Crippen LogP contribution in [0.25, 0.3) is 0 Å². The summed E-state index contributed by atoms with van der Waals surface area (Å²) in [5, 5.41) is 2.16. The number of halogens is 5. The van der Waals surface area contributed by atoms with Crippen molar-refractivity contribution in [2.75, 3.05) is 11.5 Å². The minimum absolute atomic E-state index is 0.0131. The second-order valence-electron chi connectivity index (χ2n) is 8.38. The number of nitrogens with two attached hydrogens (primary N) is 2. The third-order valence-corrected chi connectivity index (χ3v) is 5.76. The Bertz CT molecular complexity index is 941. The molecule has 3 aromatic carbocycles. The van der Waals surface area contributed by atoms with Gasteiger partial charge in [-0.15, -0.1) is 0 Å². The molecule has 0 atom stereocenters. The highest BCUT2D eigenvalue weighted by molar-refractivity contribution is 6.38. The van der Waals surface area contributed by atoms with Gasteiger partial charge in [-0.05, 0) is 52.8 Å². The van der Waals surface area contributed by atoms with Gasteiger partial charge in [0.2, 0.25) is 0 Å². The highest BCUT2D eigenvalue weighted by Gasteiger charge is 2.20. The Hall–Kier alpha value is -1.65. The van der Waals surface area contributed by atoms with E-state index in [4.69, 9.17) is 57.9 Å². The van der Waals surface area contributed by atoms with Gasteiger partial charge in [0.1, 0.15) is 5.82 Å². The molecule has 0 unspecified atom stereocenters. The van der Waals surface area contributed by atoms with Gasteiger partial charge in [-0.2, -0.15) is 0 Å². The third-order valence-electron chi connectivity index (χ3n) is 4.44. The molecule has 2 nitrogen and oxygen atoms in total. The van der Waals surface area contributed by atoms with Crippen LogP contribution in [0.15, 0.2) is 54.6 Å². The predicted molar refractivity (Wildman–Crippen MR) is 141 cm³/mol. The van der Waals surface area contributed by atoms with Crippen molar-refractivity contribution in [1.29, 1.82) is 0 Å². The van der Waals surface area contributed by atoms with E-state index in [-0.39, 0.29) is 16.1 Å². The van der Waals surface area contributed by atoms with Crippen LogP contribution in [0.2, 0.25) is 20.1 Å². The monoisotopic (exact) mass is 516 g/mol. The Morgan fingerprint density at radius 2 is 1.09 bits per heavy atom. The summed E-state index contributed by atoms with van der Waals surface area (Å²) in [6.45, 7) is 11.1. The molecule has 0 aromatic heterocycles. The van der Waals surface area contributed by atoms with E-state index in [9.17, 15) is 4.39 Å². The highest BCUT2D eigenvalue weighted by atomic mass is 35.5. The van der Waals surface area contributed by atoms with Gasteiger partial charge in [-0.1, -0.05) is 105 Å². The summed E-state index contributed by atoms with van der Waals surface area (Å²) in [6.07, 6.45) is 0. The normalized spacial score (nSPS) is 10.7. The molecule has 0 fully saturated rings. The van der Waals surface area contributed by atoms with Crippen molar-refractivity contribution in [1.82, 2.24) is 0 Å². The first kappa shape index (κ1) is 28.4. The Balaban J connectivity index is 0.000000250. The van der Waals surface area contributed by atoms with Crippen LogP contribution >= 0.6 is 46.4 Å². The predicted octanol–water partition coefficient (Wildman–Crippen LogP) is 9.40. The second kappa shape index (κ2) is 12.6. The van der Waals surface area contributed by atoms with Crippen LogP contribution in [0.3, 0.4) is 0 Å². The van der Waals surface area contributed by atoms with Gasteiger partial charge in [0.15, 0.2) is 0 Å². The fourth-order valence-corrected chi connectivity index (χ4v) is 3.75. The molecule has 0 amide bonds. The van der Waals surface area contributed by atoms with Crippen LogP contribution in [0.5, 0.6) is 0 Å². The Morgan fingerprint density at radius 1 is 0.688 bits per heavy atom. The van der Waals surface area contributed by atoms with E-state index in [0.717, 1.165) is 5.02 Å². The van der Waals surface area contributed by atoms with Crippen LogP contribution < -0.4 is 11.5 Å². The summed E-state index contributed by atoms with van der Waals surface area (Å²) in [5.74, 6) is 0.0143. The maximum Gasteiger partial charge on any atom is 0.147 e. The number of rotatable bonds is 1. The van der Waals surface area contributed by atoms with Crippen molar-refractivity contribution in [2.45, 2.75) is 46.0 Å². The molecule has 0 heterocycles. The van der Waals surface area contributed by atoms with Crippen molar-refractivity contribution in [3.05, 3.63) is 91.6 Å². The molecule has 0 aliphatic heterocycles. The van der Waals surface area contributed by atoms with E-state index in [2.05, 4.69) is 40.7 Å². The number of nitrogen functional groups attached to an aromatic ring is 2. The molecular weight excluding hydrogens is 489 g/mol. The van der Waals surface area contributed by atoms with Gasteiger partial charge < -0.3 is 11.5 Å². The Labute approximate surface area is 210 Å². The first-order chi connectivity index (χ1) is 14.8. The van der Waals surface area contributed by atoms with Gasteiger partial charge in [0.05, 0.1) is 26.4 Å². The maximum atomic E-state index is 12.4. The summed E-state index contributed by atoms with van der Waals surface area (Å²) in [6, 6.07) is 15.7. The number of para-hydroxylation sites is 2. The number of hydrogen-bond acceptors (Lipinski definition) is 2. The fourth-order valence-electron chi connectivity index (χ4n) is 2.80. The van der Waals surface area contributed by atoms with E-state index in [1.165, 1.54) is 23.3 Å². The fraction of sp³-hybridized carbons (Fsp3) is 0.280. The average Bonchev–Trinajstić information content (AvgIpc) is 2.70. The zero-order chi connectivity index (χ0) is 24.6. The van der Waals surface area contributed by atoms with Crippen LogP contribution in [0, 0.1) is 5.82 Å². The molecule has 32 heavy (non-hydrogen) atoms. The van der Waals surface area contributed by atoms with E-state index >= 15 is 0 Å². The number of anilines is 2. The van der Waals surface area contributed by atoms with Gasteiger partial charge in [0.25, 0.3) is 0 Å². The van der Waals surface area contributed by atoms with E-state index in [0.29, 0.717) is 21.7 Å². The molecule has 0 aliphatic carbocycles. The van der Waals surface area contributed by atoms with Gasteiger partial charge in [-0.25, -0.2) is 4.39 Å². The molecule has 174 valence electrons. The lowest BCUT2D eigenvalue weighted by atomic mass is 9.81. The molecule has 0 saturated carbocycles. The van der Waals surface area contributed by atoms with Crippen LogP contribution in [0.4, 0.5) is 15.8 Å². The average molecular weight is 518 g/mol. The summed E-state index contributed by atoms with van der Waals surface area (Å²) in [4.78, 5) is 0. The number of benzene rings is 3. The maximum absolute atomic E-state index is 12.4. The smallest absolute Gasteiger partial charge is 0.147 e. The van der Waals surface area contributed by atoms with Crippen molar-refractivity contribution >= 4 is 57.8 Å². The zero-order valence-corrected chi connectivity index (χ0v) is 21.8. The van der Waals surface area contributed by atoms with E-state index in [1.807, 2.05) is 12.1 Å². The lowest BCUT2D eigenvalue weighted by Crippen LogP contribution is -2.15. The Kier molecular flexibility index (Phi) is 11.1. The first-order valence-electron chi connectivity index (χ1n) is 9.95. The van der Waals surface area contributed by atoms with Crippen LogP contribution in [-0.2, 0) is 5.41 Å². The summed E-state index contributed by atoms with van der Waals surface area (Å²) in [7, 11) is 0. The standard InChI is InChI=1S/C13H19Cl.C6H5Cl2N.C6H5ClFN/c1-9(2)12-10(13(3,4)5)7-6-8-11(12)14;2*7-4-2-1-3-5(8)6(4)9/h6-9H,1-5H3;2*1-3H,9H2. The lowest BCUT2D eigenvalue weighted by molar-refractivity contribution is 0.577. The second-order valence-corrected chi connectivity index (χ2v) is 10.0. The van der Waals surface area contributed by atoms with E-state index < -0.39 is 5.82 Å². The molecule has 3 rings (SSSR count). The SMILES string of the molecule is CC(C)c1c(Cl)cccc1C(C)(C)C.Nc1c(Cl)cccc1Cl.Nc1c(F)cccc1Cl. The molecule has 0 saturated heterocycles. The van der Waals surface area contributed by atoms with Crippen LogP contribution in [-0.4, -0.2) is 0 Å². The van der Waals surface area contributed by atoms with Crippen molar-refractivity contribution in [2.24, 2.45) is 0 Å². The van der Waals surface area contributed by atoms with Gasteiger partial charge in [-0.3, -0.25) is 0 Å². The van der Waals surface area contributed by atoms with Crippen molar-refractivity contribution < 1.29 is 4.39 Å². The number of hydrogen-bond donors (Lipinski definition) is 2. The van der Waals surface area contributed by atoms with Crippen LogP contribution in [0.1, 0.15) is 51.7 Å². The van der Waals surface area contributed by atoms with Crippen molar-refractivity contribution in [3.8, 4) is 0 Å². The zero-order valence-electron chi connectivity index (χ0n) is 18.8. The van der Waals surface area contributed by atoms with Gasteiger partial charge in [0, 0.05) is 5.02 Å². The topological polar surface area (TPSA) is 52.0 Å². The van der Waals surface area contributed by atoms with E-state index in [1.54, 1.807) is 24.3 Å². The minimum Gasteiger partial charge on any atom is -0.396 e. The Morgan fingerprint density at radius 3 is 1.44 bits per heavy atom. The lowest BCUT2D eigenvalue weighted by Gasteiger charge is -2.25.